The van der Waals surface area contributed by atoms with Gasteiger partial charge in [0.25, 0.3) is 5.91 Å². The summed E-state index contributed by atoms with van der Waals surface area (Å²) < 4.78 is 37.2. The Kier molecular flexibility index (Phi) is 5.52. The minimum atomic E-state index is -4.77. The number of alkyl halides is 3. The standard InChI is InChI=1S/C15H14ClF3N2O2S/c1-8-12(14(23)21(2)7-11(22)15(17,18)19)24-13(20-8)9-4-3-5-10(16)6-9/h3-6,11,22H,7H2,1-2H3. The van der Waals surface area contributed by atoms with Crippen LogP contribution in [0.3, 0.4) is 0 Å². The maximum atomic E-state index is 12.4. The van der Waals surface area contributed by atoms with Gasteiger partial charge in [0.1, 0.15) is 9.88 Å². The van der Waals surface area contributed by atoms with Gasteiger partial charge < -0.3 is 10.0 Å². The van der Waals surface area contributed by atoms with E-state index in [9.17, 15) is 18.0 Å². The van der Waals surface area contributed by atoms with Crippen LogP contribution in [0.15, 0.2) is 24.3 Å². The number of rotatable bonds is 4. The third kappa shape index (κ3) is 4.25. The zero-order valence-corrected chi connectivity index (χ0v) is 14.3. The monoisotopic (exact) mass is 378 g/mol. The summed E-state index contributed by atoms with van der Waals surface area (Å²) in [6.07, 6.45) is -7.37. The normalized spacial score (nSPS) is 13.0. The third-order valence-electron chi connectivity index (χ3n) is 3.23. The average molecular weight is 379 g/mol. The number of aliphatic hydroxyl groups excluding tert-OH is 1. The molecule has 2 aromatic rings. The van der Waals surface area contributed by atoms with Crippen molar-refractivity contribution in [2.75, 3.05) is 13.6 Å². The summed E-state index contributed by atoms with van der Waals surface area (Å²) in [7, 11) is 1.20. The maximum Gasteiger partial charge on any atom is 0.416 e. The Hall–Kier alpha value is -1.64. The highest BCUT2D eigenvalue weighted by molar-refractivity contribution is 7.17. The number of likely N-dealkylation sites (N-methyl/N-ethyl adjacent to an activating group) is 1. The number of aryl methyl sites for hydroxylation is 1. The Morgan fingerprint density at radius 2 is 2.12 bits per heavy atom. The van der Waals surface area contributed by atoms with Crippen molar-refractivity contribution in [3.63, 3.8) is 0 Å². The molecule has 1 amide bonds. The van der Waals surface area contributed by atoms with Gasteiger partial charge in [-0.1, -0.05) is 23.7 Å². The number of hydrogen-bond acceptors (Lipinski definition) is 4. The third-order valence-corrected chi connectivity index (χ3v) is 4.66. The molecule has 130 valence electrons. The van der Waals surface area contributed by atoms with Crippen LogP contribution in [0, 0.1) is 6.92 Å². The van der Waals surface area contributed by atoms with Crippen LogP contribution in [-0.2, 0) is 0 Å². The zero-order valence-electron chi connectivity index (χ0n) is 12.8. The van der Waals surface area contributed by atoms with E-state index in [-0.39, 0.29) is 4.88 Å². The summed E-state index contributed by atoms with van der Waals surface area (Å²) in [4.78, 5) is 17.7. The second-order valence-corrected chi connectivity index (χ2v) is 6.62. The number of hydrogen-bond donors (Lipinski definition) is 1. The van der Waals surface area contributed by atoms with Crippen molar-refractivity contribution in [2.45, 2.75) is 19.2 Å². The van der Waals surface area contributed by atoms with E-state index < -0.39 is 24.7 Å². The Balaban J connectivity index is 2.22. The van der Waals surface area contributed by atoms with Gasteiger partial charge in [0.15, 0.2) is 6.10 Å². The topological polar surface area (TPSA) is 53.4 Å². The van der Waals surface area contributed by atoms with Crippen molar-refractivity contribution in [1.29, 1.82) is 0 Å². The summed E-state index contributed by atoms with van der Waals surface area (Å²) in [5.74, 6) is -0.624. The van der Waals surface area contributed by atoms with Crippen LogP contribution in [-0.4, -0.2) is 46.8 Å². The van der Waals surface area contributed by atoms with E-state index >= 15 is 0 Å². The first-order chi connectivity index (χ1) is 11.1. The first-order valence-electron chi connectivity index (χ1n) is 6.83. The van der Waals surface area contributed by atoms with Crippen LogP contribution >= 0.6 is 22.9 Å². The number of aliphatic hydroxyl groups is 1. The molecule has 0 fully saturated rings. The quantitative estimate of drug-likeness (QED) is 0.881. The number of carbonyl (C=O) groups excluding carboxylic acids is 1. The lowest BCUT2D eigenvalue weighted by Crippen LogP contribution is -2.41. The number of aromatic nitrogens is 1. The van der Waals surface area contributed by atoms with Gasteiger partial charge in [-0.2, -0.15) is 13.2 Å². The van der Waals surface area contributed by atoms with Crippen LogP contribution in [0.5, 0.6) is 0 Å². The van der Waals surface area contributed by atoms with E-state index in [0.29, 0.717) is 21.3 Å². The molecule has 1 unspecified atom stereocenters. The van der Waals surface area contributed by atoms with Gasteiger partial charge in [-0.05, 0) is 19.1 Å². The van der Waals surface area contributed by atoms with Crippen LogP contribution in [0.1, 0.15) is 15.4 Å². The Bertz CT molecular complexity index is 749. The van der Waals surface area contributed by atoms with Crippen molar-refractivity contribution >= 4 is 28.8 Å². The molecular weight excluding hydrogens is 365 g/mol. The molecule has 0 aliphatic carbocycles. The van der Waals surface area contributed by atoms with Crippen LogP contribution in [0.2, 0.25) is 5.02 Å². The molecule has 4 nitrogen and oxygen atoms in total. The minimum Gasteiger partial charge on any atom is -0.382 e. The SMILES string of the molecule is Cc1nc(-c2cccc(Cl)c2)sc1C(=O)N(C)CC(O)C(F)(F)F. The molecule has 24 heavy (non-hydrogen) atoms. The molecule has 1 N–H and O–H groups in total. The van der Waals surface area contributed by atoms with E-state index in [1.165, 1.54) is 7.05 Å². The molecule has 9 heteroatoms. The number of halogens is 4. The largest absolute Gasteiger partial charge is 0.416 e. The second kappa shape index (κ2) is 7.08. The molecule has 1 heterocycles. The molecule has 0 radical (unpaired) electrons. The Morgan fingerprint density at radius 3 is 2.71 bits per heavy atom. The summed E-state index contributed by atoms with van der Waals surface area (Å²) >= 11 is 6.99. The van der Waals surface area contributed by atoms with Crippen LogP contribution in [0.4, 0.5) is 13.2 Å². The van der Waals surface area contributed by atoms with Crippen LogP contribution in [0.25, 0.3) is 10.6 Å². The van der Waals surface area contributed by atoms with E-state index in [1.54, 1.807) is 31.2 Å². The predicted octanol–water partition coefficient (Wildman–Crippen LogP) is 3.77. The lowest BCUT2D eigenvalue weighted by Gasteiger charge is -2.22. The fourth-order valence-electron chi connectivity index (χ4n) is 1.96. The molecule has 2 rings (SSSR count). The van der Waals surface area contributed by atoms with E-state index in [2.05, 4.69) is 4.98 Å². The number of carbonyl (C=O) groups is 1. The lowest BCUT2D eigenvalue weighted by atomic mass is 10.2. The van der Waals surface area contributed by atoms with Crippen LogP contribution < -0.4 is 0 Å². The number of thiazole rings is 1. The molecule has 0 saturated heterocycles. The lowest BCUT2D eigenvalue weighted by molar-refractivity contribution is -0.205. The molecular formula is C15H14ClF3N2O2S. The maximum absolute atomic E-state index is 12.4. The first-order valence-corrected chi connectivity index (χ1v) is 8.02. The van der Waals surface area contributed by atoms with Crippen molar-refractivity contribution < 1.29 is 23.1 Å². The Morgan fingerprint density at radius 1 is 1.46 bits per heavy atom. The predicted molar refractivity (Wildman–Crippen MR) is 86.3 cm³/mol. The summed E-state index contributed by atoms with van der Waals surface area (Å²) in [6.45, 7) is 0.762. The van der Waals surface area contributed by atoms with Gasteiger partial charge >= 0.3 is 6.18 Å². The van der Waals surface area contributed by atoms with E-state index in [4.69, 9.17) is 16.7 Å². The molecule has 0 saturated carbocycles. The highest BCUT2D eigenvalue weighted by Crippen LogP contribution is 2.30. The van der Waals surface area contributed by atoms with Crippen molar-refractivity contribution in [1.82, 2.24) is 9.88 Å². The van der Waals surface area contributed by atoms with E-state index in [1.807, 2.05) is 0 Å². The van der Waals surface area contributed by atoms with Gasteiger partial charge in [0.05, 0.1) is 12.2 Å². The van der Waals surface area contributed by atoms with Gasteiger partial charge in [-0.3, -0.25) is 4.79 Å². The minimum absolute atomic E-state index is 0.224. The molecule has 1 aromatic heterocycles. The molecule has 0 bridgehead atoms. The highest BCUT2D eigenvalue weighted by atomic mass is 35.5. The molecule has 1 aromatic carbocycles. The van der Waals surface area contributed by atoms with Gasteiger partial charge in [-0.15, -0.1) is 11.3 Å². The highest BCUT2D eigenvalue weighted by Gasteiger charge is 2.39. The fourth-order valence-corrected chi connectivity index (χ4v) is 3.21. The number of nitrogens with zero attached hydrogens (tertiary/aromatic N) is 2. The van der Waals surface area contributed by atoms with Gasteiger partial charge in [-0.25, -0.2) is 4.98 Å². The summed E-state index contributed by atoms with van der Waals surface area (Å²) in [5.41, 5.74) is 1.13. The average Bonchev–Trinajstić information content (AvgIpc) is 2.87. The smallest absolute Gasteiger partial charge is 0.382 e. The van der Waals surface area contributed by atoms with E-state index in [0.717, 1.165) is 16.2 Å². The van der Waals surface area contributed by atoms with Crippen molar-refractivity contribution in [3.8, 4) is 10.6 Å². The number of benzene rings is 1. The summed E-state index contributed by atoms with van der Waals surface area (Å²) in [5, 5.41) is 10.1. The molecule has 0 spiro atoms. The zero-order chi connectivity index (χ0) is 18.1. The van der Waals surface area contributed by atoms with Gasteiger partial charge in [0.2, 0.25) is 0 Å². The van der Waals surface area contributed by atoms with Crippen molar-refractivity contribution in [2.24, 2.45) is 0 Å². The summed E-state index contributed by atoms with van der Waals surface area (Å²) in [6, 6.07) is 6.90. The molecule has 1 atom stereocenters. The fraction of sp³-hybridized carbons (Fsp3) is 0.333. The Labute approximate surface area is 145 Å². The first kappa shape index (κ1) is 18.7. The van der Waals surface area contributed by atoms with Crippen molar-refractivity contribution in [3.05, 3.63) is 39.9 Å². The second-order valence-electron chi connectivity index (χ2n) is 5.19. The number of amides is 1. The molecule has 0 aliphatic heterocycles. The molecule has 0 aliphatic rings. The van der Waals surface area contributed by atoms with Gasteiger partial charge in [0, 0.05) is 17.6 Å².